The second-order valence-corrected chi connectivity index (χ2v) is 6.10. The molecule has 118 valence electrons. The lowest BCUT2D eigenvalue weighted by molar-refractivity contribution is 0.0989. The lowest BCUT2D eigenvalue weighted by Gasteiger charge is -2.19. The molecule has 0 unspecified atom stereocenters. The van der Waals surface area contributed by atoms with Gasteiger partial charge in [0.2, 0.25) is 0 Å². The number of pyridine rings is 1. The fourth-order valence-corrected chi connectivity index (χ4v) is 3.29. The lowest BCUT2D eigenvalue weighted by atomic mass is 10.0. The van der Waals surface area contributed by atoms with Crippen molar-refractivity contribution in [1.29, 1.82) is 0 Å². The number of nitrogens with zero attached hydrogens (tertiary/aromatic N) is 2. The van der Waals surface area contributed by atoms with Gasteiger partial charge in [0.05, 0.1) is 0 Å². The molecule has 2 heterocycles. The Hall–Kier alpha value is -2.94. The number of carbonyl (C=O) groups is 1. The Kier molecular flexibility index (Phi) is 3.62. The van der Waals surface area contributed by atoms with Gasteiger partial charge in [0, 0.05) is 30.2 Å². The lowest BCUT2D eigenvalue weighted by Crippen LogP contribution is -2.29. The fourth-order valence-electron chi connectivity index (χ4n) is 3.29. The molecule has 1 aliphatic rings. The molecule has 4 rings (SSSR count). The van der Waals surface area contributed by atoms with E-state index in [1.807, 2.05) is 48.2 Å². The Labute approximate surface area is 141 Å². The summed E-state index contributed by atoms with van der Waals surface area (Å²) in [5.41, 5.74) is 6.37. The third-order valence-electron chi connectivity index (χ3n) is 4.61. The Morgan fingerprint density at radius 2 is 1.79 bits per heavy atom. The zero-order valence-electron chi connectivity index (χ0n) is 13.6. The molecule has 3 aromatic rings. The Morgan fingerprint density at radius 1 is 1.00 bits per heavy atom. The van der Waals surface area contributed by atoms with E-state index >= 15 is 0 Å². The third kappa shape index (κ3) is 2.48. The predicted molar refractivity (Wildman–Crippen MR) is 96.2 cm³/mol. The molecular formula is C21H18N2O. The van der Waals surface area contributed by atoms with Crippen LogP contribution < -0.4 is 4.90 Å². The Morgan fingerprint density at radius 3 is 2.58 bits per heavy atom. The molecular weight excluding hydrogens is 296 g/mol. The maximum absolute atomic E-state index is 12.9. The molecule has 1 amide bonds. The van der Waals surface area contributed by atoms with Crippen molar-refractivity contribution < 1.29 is 4.79 Å². The minimum absolute atomic E-state index is 0.0866. The van der Waals surface area contributed by atoms with Crippen molar-refractivity contribution in [2.24, 2.45) is 0 Å². The number of carbonyl (C=O) groups excluding carboxylic acids is 1. The van der Waals surface area contributed by atoms with E-state index in [0.29, 0.717) is 0 Å². The van der Waals surface area contributed by atoms with Crippen LogP contribution in [0.2, 0.25) is 0 Å². The largest absolute Gasteiger partial charge is 0.308 e. The molecule has 1 aromatic heterocycles. The highest BCUT2D eigenvalue weighted by molar-refractivity contribution is 6.08. The first-order valence-electron chi connectivity index (χ1n) is 8.15. The van der Waals surface area contributed by atoms with E-state index in [0.717, 1.165) is 35.3 Å². The number of anilines is 1. The molecule has 1 aliphatic heterocycles. The normalized spacial score (nSPS) is 13.0. The zero-order chi connectivity index (χ0) is 16.5. The summed E-state index contributed by atoms with van der Waals surface area (Å²) in [7, 11) is 0. The molecule has 3 heteroatoms. The first-order chi connectivity index (χ1) is 11.7. The average Bonchev–Trinajstić information content (AvgIpc) is 3.05. The van der Waals surface area contributed by atoms with Crippen LogP contribution in [-0.4, -0.2) is 17.4 Å². The van der Waals surface area contributed by atoms with Crippen LogP contribution >= 0.6 is 0 Å². The van der Waals surface area contributed by atoms with Crippen LogP contribution in [0, 0.1) is 6.92 Å². The molecule has 0 aliphatic carbocycles. The van der Waals surface area contributed by atoms with Crippen molar-refractivity contribution in [2.75, 3.05) is 11.4 Å². The van der Waals surface area contributed by atoms with E-state index in [-0.39, 0.29) is 5.91 Å². The minimum Gasteiger partial charge on any atom is -0.308 e. The summed E-state index contributed by atoms with van der Waals surface area (Å²) < 4.78 is 0. The summed E-state index contributed by atoms with van der Waals surface area (Å²) >= 11 is 0. The highest BCUT2D eigenvalue weighted by Crippen LogP contribution is 2.33. The van der Waals surface area contributed by atoms with Gasteiger partial charge in [-0.05, 0) is 65.9 Å². The topological polar surface area (TPSA) is 33.2 Å². The zero-order valence-corrected chi connectivity index (χ0v) is 13.6. The van der Waals surface area contributed by atoms with E-state index in [4.69, 9.17) is 0 Å². The van der Waals surface area contributed by atoms with Gasteiger partial charge in [0.1, 0.15) is 0 Å². The molecule has 0 atom stereocenters. The van der Waals surface area contributed by atoms with Gasteiger partial charge in [-0.2, -0.15) is 0 Å². The van der Waals surface area contributed by atoms with Crippen molar-refractivity contribution in [1.82, 2.24) is 4.98 Å². The van der Waals surface area contributed by atoms with Crippen molar-refractivity contribution in [3.05, 3.63) is 83.7 Å². The highest BCUT2D eigenvalue weighted by Gasteiger charge is 2.26. The second kappa shape index (κ2) is 5.93. The van der Waals surface area contributed by atoms with Gasteiger partial charge in [0.15, 0.2) is 0 Å². The summed E-state index contributed by atoms with van der Waals surface area (Å²) in [5, 5.41) is 0. The van der Waals surface area contributed by atoms with Crippen molar-refractivity contribution in [2.45, 2.75) is 13.3 Å². The summed E-state index contributed by atoms with van der Waals surface area (Å²) in [5.74, 6) is 0.0866. The predicted octanol–water partition coefficient (Wildman–Crippen LogP) is 4.26. The quantitative estimate of drug-likeness (QED) is 0.708. The molecule has 3 nitrogen and oxygen atoms in total. The number of aromatic nitrogens is 1. The number of benzene rings is 2. The highest BCUT2D eigenvalue weighted by atomic mass is 16.2. The van der Waals surface area contributed by atoms with Crippen LogP contribution in [0.5, 0.6) is 0 Å². The van der Waals surface area contributed by atoms with E-state index in [9.17, 15) is 4.79 Å². The fraction of sp³-hybridized carbons (Fsp3) is 0.143. The second-order valence-electron chi connectivity index (χ2n) is 6.10. The number of hydrogen-bond donors (Lipinski definition) is 0. The molecule has 0 saturated carbocycles. The first kappa shape index (κ1) is 14.6. The summed E-state index contributed by atoms with van der Waals surface area (Å²) in [4.78, 5) is 18.9. The SMILES string of the molecule is Cc1ccccc1C(=O)N1CCc2cc(-c3ccncc3)ccc21. The number of rotatable bonds is 2. The summed E-state index contributed by atoms with van der Waals surface area (Å²) in [6, 6.07) is 18.1. The van der Waals surface area contributed by atoms with Gasteiger partial charge in [-0.15, -0.1) is 0 Å². The van der Waals surface area contributed by atoms with Crippen molar-refractivity contribution >= 4 is 11.6 Å². The van der Waals surface area contributed by atoms with Crippen molar-refractivity contribution in [3.63, 3.8) is 0 Å². The Balaban J connectivity index is 1.68. The standard InChI is InChI=1S/C21H18N2O/c1-15-4-2-3-5-19(15)21(24)23-13-10-18-14-17(6-7-20(18)23)16-8-11-22-12-9-16/h2-9,11-12,14H,10,13H2,1H3. The maximum Gasteiger partial charge on any atom is 0.258 e. The summed E-state index contributed by atoms with van der Waals surface area (Å²) in [6.07, 6.45) is 4.50. The molecule has 0 radical (unpaired) electrons. The van der Waals surface area contributed by atoms with Crippen LogP contribution in [0.1, 0.15) is 21.5 Å². The van der Waals surface area contributed by atoms with Gasteiger partial charge >= 0.3 is 0 Å². The van der Waals surface area contributed by atoms with Gasteiger partial charge < -0.3 is 4.90 Å². The minimum atomic E-state index is 0.0866. The number of hydrogen-bond acceptors (Lipinski definition) is 2. The van der Waals surface area contributed by atoms with E-state index < -0.39 is 0 Å². The molecule has 0 fully saturated rings. The molecule has 0 N–H and O–H groups in total. The van der Waals surface area contributed by atoms with E-state index in [1.165, 1.54) is 11.1 Å². The van der Waals surface area contributed by atoms with Gasteiger partial charge in [-0.1, -0.05) is 24.3 Å². The van der Waals surface area contributed by atoms with Gasteiger partial charge in [-0.3, -0.25) is 9.78 Å². The van der Waals surface area contributed by atoms with Crippen LogP contribution in [0.15, 0.2) is 67.0 Å². The molecule has 0 bridgehead atoms. The smallest absolute Gasteiger partial charge is 0.258 e. The molecule has 0 spiro atoms. The van der Waals surface area contributed by atoms with Crippen LogP contribution in [0.25, 0.3) is 11.1 Å². The number of aryl methyl sites for hydroxylation is 1. The van der Waals surface area contributed by atoms with Crippen molar-refractivity contribution in [3.8, 4) is 11.1 Å². The number of fused-ring (bicyclic) bond motifs is 1. The summed E-state index contributed by atoms with van der Waals surface area (Å²) in [6.45, 7) is 2.72. The van der Waals surface area contributed by atoms with E-state index in [1.54, 1.807) is 12.4 Å². The maximum atomic E-state index is 12.9. The van der Waals surface area contributed by atoms with Crippen LogP contribution in [0.4, 0.5) is 5.69 Å². The Bertz CT molecular complexity index is 903. The van der Waals surface area contributed by atoms with Gasteiger partial charge in [-0.25, -0.2) is 0 Å². The average molecular weight is 314 g/mol. The van der Waals surface area contributed by atoms with Gasteiger partial charge in [0.25, 0.3) is 5.91 Å². The molecule has 24 heavy (non-hydrogen) atoms. The van der Waals surface area contributed by atoms with Crippen LogP contribution in [0.3, 0.4) is 0 Å². The third-order valence-corrected chi connectivity index (χ3v) is 4.61. The van der Waals surface area contributed by atoms with E-state index in [2.05, 4.69) is 23.2 Å². The number of amides is 1. The monoisotopic (exact) mass is 314 g/mol. The molecule has 0 saturated heterocycles. The molecule has 2 aromatic carbocycles. The first-order valence-corrected chi connectivity index (χ1v) is 8.15. The van der Waals surface area contributed by atoms with Crippen LogP contribution in [-0.2, 0) is 6.42 Å².